The van der Waals surface area contributed by atoms with Crippen molar-refractivity contribution in [3.63, 3.8) is 0 Å². The van der Waals surface area contributed by atoms with E-state index in [1.165, 1.54) is 0 Å². The fourth-order valence-electron chi connectivity index (χ4n) is 5.67. The minimum atomic E-state index is -0.946. The number of hydrogen-bond donors (Lipinski definition) is 2. The summed E-state index contributed by atoms with van der Waals surface area (Å²) in [7, 11) is 0. The lowest BCUT2D eigenvalue weighted by Gasteiger charge is -2.19. The molecule has 3 aromatic carbocycles. The number of benzene rings is 3. The van der Waals surface area contributed by atoms with Crippen molar-refractivity contribution in [2.75, 3.05) is 17.8 Å². The zero-order valence-electron chi connectivity index (χ0n) is 22.1. The van der Waals surface area contributed by atoms with Gasteiger partial charge in [-0.1, -0.05) is 59.6 Å². The Morgan fingerprint density at radius 3 is 2.55 bits per heavy atom. The highest BCUT2D eigenvalue weighted by atomic mass is 35.5. The predicted octanol–water partition coefficient (Wildman–Crippen LogP) is 6.53. The maximum atomic E-state index is 14.2. The van der Waals surface area contributed by atoms with Crippen molar-refractivity contribution >= 4 is 41.1 Å². The molecule has 1 fully saturated rings. The zero-order valence-corrected chi connectivity index (χ0v) is 23.6. The molecule has 42 heavy (non-hydrogen) atoms. The molecule has 3 N–H and O–H groups in total. The fraction of sp³-hybridized carbons (Fsp3) is 0.194. The molecule has 1 aliphatic carbocycles. The number of oxazole rings is 2. The van der Waals surface area contributed by atoms with Gasteiger partial charge in [0.25, 0.3) is 6.01 Å². The fourth-order valence-corrected chi connectivity index (χ4v) is 6.12. The van der Waals surface area contributed by atoms with Gasteiger partial charge in [-0.3, -0.25) is 10.1 Å². The summed E-state index contributed by atoms with van der Waals surface area (Å²) in [6, 6.07) is 19.0. The molecule has 1 amide bonds. The van der Waals surface area contributed by atoms with E-state index in [1.807, 2.05) is 60.7 Å². The van der Waals surface area contributed by atoms with E-state index < -0.39 is 5.41 Å². The van der Waals surface area contributed by atoms with E-state index in [1.54, 1.807) is 12.4 Å². The molecule has 212 valence electrons. The van der Waals surface area contributed by atoms with Crippen molar-refractivity contribution in [1.82, 2.24) is 9.97 Å². The van der Waals surface area contributed by atoms with Gasteiger partial charge in [-0.25, -0.2) is 9.97 Å². The third kappa shape index (κ3) is 4.74. The molecule has 1 aliphatic heterocycles. The van der Waals surface area contributed by atoms with Crippen LogP contribution in [0.2, 0.25) is 10.0 Å². The quantitative estimate of drug-likeness (QED) is 0.205. The summed E-state index contributed by atoms with van der Waals surface area (Å²) in [5.41, 5.74) is 8.21. The van der Waals surface area contributed by atoms with Gasteiger partial charge in [0.05, 0.1) is 17.8 Å². The van der Waals surface area contributed by atoms with Crippen LogP contribution in [0, 0.1) is 0 Å². The Morgan fingerprint density at radius 2 is 1.71 bits per heavy atom. The first-order chi connectivity index (χ1) is 20.4. The van der Waals surface area contributed by atoms with Crippen LogP contribution in [0.3, 0.4) is 0 Å². The molecule has 1 saturated carbocycles. The molecule has 2 atom stereocenters. The van der Waals surface area contributed by atoms with E-state index >= 15 is 0 Å². The Kier molecular flexibility index (Phi) is 6.56. The molecule has 7 rings (SSSR count). The SMILES string of the molecule is Nc1ncc(Cc2c(Cl)cccc2C2CC2(C(=O)Nc2ncc(Cc3ccccc3Cl)o2)c2ccc3c(c2)OCO3)o1. The van der Waals surface area contributed by atoms with E-state index in [-0.39, 0.29) is 30.6 Å². The Bertz CT molecular complexity index is 1820. The molecule has 2 aromatic heterocycles. The minimum absolute atomic E-state index is 0.0824. The number of nitrogens with zero attached hydrogens (tertiary/aromatic N) is 2. The normalized spacial score (nSPS) is 18.7. The number of nitrogens with two attached hydrogens (primary N) is 1. The number of carbonyl (C=O) groups is 1. The maximum absolute atomic E-state index is 14.2. The topological polar surface area (TPSA) is 126 Å². The van der Waals surface area contributed by atoms with E-state index in [4.69, 9.17) is 47.2 Å². The van der Waals surface area contributed by atoms with Crippen LogP contribution in [0.15, 0.2) is 81.9 Å². The Hall–Kier alpha value is -4.47. The molecule has 11 heteroatoms. The van der Waals surface area contributed by atoms with Crippen LogP contribution in [0.25, 0.3) is 0 Å². The number of anilines is 2. The van der Waals surface area contributed by atoms with Crippen molar-refractivity contribution < 1.29 is 23.1 Å². The molecule has 0 radical (unpaired) electrons. The Labute approximate surface area is 250 Å². The van der Waals surface area contributed by atoms with E-state index in [2.05, 4.69) is 15.3 Å². The van der Waals surface area contributed by atoms with Crippen molar-refractivity contribution in [3.8, 4) is 11.5 Å². The van der Waals surface area contributed by atoms with E-state index in [0.717, 1.165) is 22.3 Å². The maximum Gasteiger partial charge on any atom is 0.301 e. The molecule has 0 bridgehead atoms. The van der Waals surface area contributed by atoms with Gasteiger partial charge in [-0.2, -0.15) is 0 Å². The number of rotatable bonds is 8. The number of nitrogen functional groups attached to an aromatic ring is 1. The number of carbonyl (C=O) groups excluding carboxylic acids is 1. The number of nitrogens with one attached hydrogen (secondary N) is 1. The van der Waals surface area contributed by atoms with Crippen molar-refractivity contribution in [1.29, 1.82) is 0 Å². The standard InChI is InChI=1S/C31H24Cl2N4O5/c32-24-6-2-1-4-17(24)10-19-15-36-30(42-19)37-28(38)31(18-8-9-26-27(11-18)40-16-39-26)13-23(31)21-5-3-7-25(33)22(21)12-20-14-35-29(34)41-20/h1-9,11,14-15,23H,10,12-13,16H2,(H2,34,35)(H,36,37,38). The van der Waals surface area contributed by atoms with Crippen molar-refractivity contribution in [3.05, 3.63) is 117 Å². The van der Waals surface area contributed by atoms with Gasteiger partial charge in [-0.05, 0) is 52.9 Å². The third-order valence-corrected chi connectivity index (χ3v) is 8.53. The predicted molar refractivity (Wildman–Crippen MR) is 156 cm³/mol. The number of amides is 1. The number of ether oxygens (including phenoxy) is 2. The van der Waals surface area contributed by atoms with Crippen LogP contribution >= 0.6 is 23.2 Å². The van der Waals surface area contributed by atoms with Gasteiger partial charge in [0, 0.05) is 28.8 Å². The number of aromatic nitrogens is 2. The summed E-state index contributed by atoms with van der Waals surface area (Å²) in [5.74, 6) is 1.91. The van der Waals surface area contributed by atoms with Crippen LogP contribution in [0.1, 0.15) is 46.1 Å². The van der Waals surface area contributed by atoms with Gasteiger partial charge < -0.3 is 24.0 Å². The average Bonchev–Trinajstić information content (AvgIpc) is 3.28. The first-order valence-electron chi connectivity index (χ1n) is 13.3. The molecular formula is C31H24Cl2N4O5. The monoisotopic (exact) mass is 602 g/mol. The lowest BCUT2D eigenvalue weighted by atomic mass is 9.87. The molecule has 0 saturated heterocycles. The van der Waals surface area contributed by atoms with Crippen LogP contribution in [0.5, 0.6) is 11.5 Å². The molecule has 2 unspecified atom stereocenters. The summed E-state index contributed by atoms with van der Waals surface area (Å²) in [6.07, 6.45) is 4.51. The van der Waals surface area contributed by atoms with Crippen molar-refractivity contribution in [2.24, 2.45) is 0 Å². The largest absolute Gasteiger partial charge is 0.454 e. The van der Waals surface area contributed by atoms with E-state index in [9.17, 15) is 4.79 Å². The third-order valence-electron chi connectivity index (χ3n) is 7.80. The molecule has 3 heterocycles. The highest BCUT2D eigenvalue weighted by molar-refractivity contribution is 6.31. The number of halogens is 2. The Balaban J connectivity index is 1.22. The van der Waals surface area contributed by atoms with Crippen LogP contribution in [-0.2, 0) is 23.1 Å². The summed E-state index contributed by atoms with van der Waals surface area (Å²) in [6.45, 7) is 0.130. The van der Waals surface area contributed by atoms with Crippen LogP contribution in [-0.4, -0.2) is 22.7 Å². The second-order valence-electron chi connectivity index (χ2n) is 10.3. The molecule has 5 aromatic rings. The lowest BCUT2D eigenvalue weighted by Crippen LogP contribution is -2.30. The average molecular weight is 603 g/mol. The highest BCUT2D eigenvalue weighted by Gasteiger charge is 2.62. The van der Waals surface area contributed by atoms with Gasteiger partial charge in [0.2, 0.25) is 12.7 Å². The first-order valence-corrected chi connectivity index (χ1v) is 14.0. The van der Waals surface area contributed by atoms with Gasteiger partial charge in [0.1, 0.15) is 11.5 Å². The van der Waals surface area contributed by atoms with Gasteiger partial charge >= 0.3 is 6.01 Å². The minimum Gasteiger partial charge on any atom is -0.454 e. The zero-order chi connectivity index (χ0) is 28.8. The lowest BCUT2D eigenvalue weighted by molar-refractivity contribution is -0.118. The first kappa shape index (κ1) is 26.4. The van der Waals surface area contributed by atoms with E-state index in [0.29, 0.717) is 52.3 Å². The molecule has 0 spiro atoms. The summed E-state index contributed by atoms with van der Waals surface area (Å²) < 4.78 is 22.6. The summed E-state index contributed by atoms with van der Waals surface area (Å²) in [4.78, 5) is 22.5. The highest BCUT2D eigenvalue weighted by Crippen LogP contribution is 2.63. The molecule has 9 nitrogen and oxygen atoms in total. The Morgan fingerprint density at radius 1 is 0.929 bits per heavy atom. The van der Waals surface area contributed by atoms with Crippen LogP contribution < -0.4 is 20.5 Å². The smallest absolute Gasteiger partial charge is 0.301 e. The number of hydrogen-bond acceptors (Lipinski definition) is 8. The van der Waals surface area contributed by atoms with Gasteiger partial charge in [0.15, 0.2) is 11.5 Å². The second-order valence-corrected chi connectivity index (χ2v) is 11.1. The van der Waals surface area contributed by atoms with Crippen LogP contribution in [0.4, 0.5) is 12.0 Å². The van der Waals surface area contributed by atoms with Crippen molar-refractivity contribution in [2.45, 2.75) is 30.6 Å². The second kappa shape index (κ2) is 10.4. The summed E-state index contributed by atoms with van der Waals surface area (Å²) in [5, 5.41) is 4.11. The molecular weight excluding hydrogens is 579 g/mol. The molecule has 2 aliphatic rings. The summed E-state index contributed by atoms with van der Waals surface area (Å²) >= 11 is 13.0. The number of fused-ring (bicyclic) bond motifs is 1. The van der Waals surface area contributed by atoms with Gasteiger partial charge in [-0.15, -0.1) is 0 Å².